The first-order valence-corrected chi connectivity index (χ1v) is 7.92. The number of thiophene rings is 1. The summed E-state index contributed by atoms with van der Waals surface area (Å²) in [4.78, 5) is 8.79. The molecule has 3 aromatic rings. The number of ether oxygens (including phenoxy) is 1. The quantitative estimate of drug-likeness (QED) is 0.755. The molecule has 0 unspecified atom stereocenters. The van der Waals surface area contributed by atoms with Crippen LogP contribution < -0.4 is 4.74 Å². The lowest BCUT2D eigenvalue weighted by Gasteiger charge is -2.00. The number of aliphatic hydroxyl groups is 1. The Labute approximate surface area is 124 Å². The number of aromatic nitrogens is 2. The fourth-order valence-electron chi connectivity index (χ4n) is 1.86. The van der Waals surface area contributed by atoms with Crippen LogP contribution in [0.4, 0.5) is 0 Å². The average Bonchev–Trinajstić information content (AvgIpc) is 3.05. The van der Waals surface area contributed by atoms with Gasteiger partial charge in [-0.05, 0) is 43.0 Å². The fourth-order valence-corrected chi connectivity index (χ4v) is 3.81. The zero-order valence-corrected chi connectivity index (χ0v) is 12.6. The van der Waals surface area contributed by atoms with Crippen LogP contribution in [0.5, 0.6) is 5.75 Å². The minimum absolute atomic E-state index is 0.0864. The van der Waals surface area contributed by atoms with Gasteiger partial charge in [-0.3, -0.25) is 0 Å². The van der Waals surface area contributed by atoms with Crippen LogP contribution >= 0.6 is 23.1 Å². The molecule has 0 spiro atoms. The smallest absolute Gasteiger partial charge is 0.172 e. The number of benzene rings is 1. The van der Waals surface area contributed by atoms with Crippen LogP contribution in [-0.4, -0.2) is 21.7 Å². The lowest BCUT2D eigenvalue weighted by molar-refractivity contribution is 0.285. The van der Waals surface area contributed by atoms with Crippen molar-refractivity contribution in [2.45, 2.75) is 22.9 Å². The second-order valence-electron chi connectivity index (χ2n) is 4.13. The maximum atomic E-state index is 9.08. The highest BCUT2D eigenvalue weighted by Crippen LogP contribution is 2.33. The van der Waals surface area contributed by atoms with Crippen LogP contribution in [0, 0.1) is 0 Å². The van der Waals surface area contributed by atoms with E-state index in [4.69, 9.17) is 9.84 Å². The molecule has 0 fully saturated rings. The third kappa shape index (κ3) is 2.82. The Hall–Kier alpha value is -1.50. The Balaban J connectivity index is 1.84. The molecule has 0 saturated heterocycles. The Kier molecular flexibility index (Phi) is 3.95. The summed E-state index contributed by atoms with van der Waals surface area (Å²) in [7, 11) is 0. The van der Waals surface area contributed by atoms with E-state index in [-0.39, 0.29) is 6.61 Å². The summed E-state index contributed by atoms with van der Waals surface area (Å²) in [5, 5.41) is 9.92. The number of aliphatic hydroxyl groups excluding tert-OH is 1. The molecule has 0 radical (unpaired) electrons. The van der Waals surface area contributed by atoms with Crippen LogP contribution in [0.15, 0.2) is 39.7 Å². The SMILES string of the molecule is CCOc1ccc2nc(Sc3ccc(CO)s3)[nH]c2c1. The number of fused-ring (bicyclic) bond motifs is 1. The van der Waals surface area contributed by atoms with Gasteiger partial charge in [0.15, 0.2) is 5.16 Å². The normalized spacial score (nSPS) is 11.1. The van der Waals surface area contributed by atoms with Gasteiger partial charge in [-0.1, -0.05) is 0 Å². The van der Waals surface area contributed by atoms with E-state index in [1.807, 2.05) is 37.3 Å². The fraction of sp³-hybridized carbons (Fsp3) is 0.214. The van der Waals surface area contributed by atoms with Gasteiger partial charge in [0.05, 0.1) is 28.5 Å². The summed E-state index contributed by atoms with van der Waals surface area (Å²) in [6, 6.07) is 9.77. The van der Waals surface area contributed by atoms with Crippen LogP contribution in [0.1, 0.15) is 11.8 Å². The van der Waals surface area contributed by atoms with E-state index in [2.05, 4.69) is 9.97 Å². The molecule has 2 aromatic heterocycles. The van der Waals surface area contributed by atoms with E-state index in [0.29, 0.717) is 6.61 Å². The van der Waals surface area contributed by atoms with E-state index in [0.717, 1.165) is 31.0 Å². The molecular weight excluding hydrogens is 292 g/mol. The van der Waals surface area contributed by atoms with Gasteiger partial charge < -0.3 is 14.8 Å². The van der Waals surface area contributed by atoms with Crippen molar-refractivity contribution >= 4 is 34.1 Å². The number of imidazole rings is 1. The molecule has 0 atom stereocenters. The van der Waals surface area contributed by atoms with E-state index >= 15 is 0 Å². The first-order chi connectivity index (χ1) is 9.78. The standard InChI is InChI=1S/C14H14N2O2S2/c1-2-18-9-3-5-11-12(7-9)16-14(15-11)20-13-6-4-10(8-17)19-13/h3-7,17H,2,8H2,1H3,(H,15,16). The highest BCUT2D eigenvalue weighted by atomic mass is 32.2. The molecule has 0 aliphatic carbocycles. The van der Waals surface area contributed by atoms with Crippen molar-refractivity contribution in [1.82, 2.24) is 9.97 Å². The van der Waals surface area contributed by atoms with E-state index in [1.165, 1.54) is 0 Å². The number of hydrogen-bond acceptors (Lipinski definition) is 5. The third-order valence-corrected chi connectivity index (χ3v) is 4.82. The van der Waals surface area contributed by atoms with E-state index in [1.54, 1.807) is 23.1 Å². The monoisotopic (exact) mass is 306 g/mol. The van der Waals surface area contributed by atoms with Gasteiger partial charge in [0.2, 0.25) is 0 Å². The zero-order valence-electron chi connectivity index (χ0n) is 10.9. The van der Waals surface area contributed by atoms with Crippen molar-refractivity contribution in [3.05, 3.63) is 35.2 Å². The molecule has 4 nitrogen and oxygen atoms in total. The van der Waals surface area contributed by atoms with Gasteiger partial charge in [0.25, 0.3) is 0 Å². The van der Waals surface area contributed by atoms with Crippen LogP contribution in [0.25, 0.3) is 11.0 Å². The highest BCUT2D eigenvalue weighted by Gasteiger charge is 2.07. The van der Waals surface area contributed by atoms with Gasteiger partial charge >= 0.3 is 0 Å². The van der Waals surface area contributed by atoms with Crippen molar-refractivity contribution in [2.24, 2.45) is 0 Å². The molecule has 0 bridgehead atoms. The number of hydrogen-bond donors (Lipinski definition) is 2. The third-order valence-electron chi connectivity index (χ3n) is 2.73. The number of aromatic amines is 1. The maximum absolute atomic E-state index is 9.08. The predicted molar refractivity (Wildman–Crippen MR) is 81.6 cm³/mol. The number of nitrogens with zero attached hydrogens (tertiary/aromatic N) is 1. The molecular formula is C14H14N2O2S2. The summed E-state index contributed by atoms with van der Waals surface area (Å²) >= 11 is 3.15. The minimum atomic E-state index is 0.0864. The Morgan fingerprint density at radius 3 is 3.00 bits per heavy atom. The van der Waals surface area contributed by atoms with E-state index < -0.39 is 0 Å². The number of nitrogens with one attached hydrogen (secondary N) is 1. The summed E-state index contributed by atoms with van der Waals surface area (Å²) in [6.07, 6.45) is 0. The van der Waals surface area contributed by atoms with Gasteiger partial charge in [-0.2, -0.15) is 0 Å². The lowest BCUT2D eigenvalue weighted by Crippen LogP contribution is -1.90. The maximum Gasteiger partial charge on any atom is 0.172 e. The summed E-state index contributed by atoms with van der Waals surface area (Å²) in [6.45, 7) is 2.71. The summed E-state index contributed by atoms with van der Waals surface area (Å²) in [5.41, 5.74) is 1.90. The molecule has 0 aliphatic heterocycles. The minimum Gasteiger partial charge on any atom is -0.494 e. The highest BCUT2D eigenvalue weighted by molar-refractivity contribution is 8.01. The summed E-state index contributed by atoms with van der Waals surface area (Å²) in [5.74, 6) is 0.846. The molecule has 0 aliphatic rings. The van der Waals surface area contributed by atoms with Crippen molar-refractivity contribution in [3.8, 4) is 5.75 Å². The topological polar surface area (TPSA) is 58.1 Å². The summed E-state index contributed by atoms with van der Waals surface area (Å²) < 4.78 is 6.59. The van der Waals surface area contributed by atoms with Crippen LogP contribution in [-0.2, 0) is 6.61 Å². The molecule has 0 saturated carbocycles. The number of rotatable bonds is 5. The largest absolute Gasteiger partial charge is 0.494 e. The van der Waals surface area contributed by atoms with Crippen molar-refractivity contribution in [2.75, 3.05) is 6.61 Å². The van der Waals surface area contributed by atoms with Crippen LogP contribution in [0.3, 0.4) is 0 Å². The molecule has 20 heavy (non-hydrogen) atoms. The molecule has 3 rings (SSSR count). The molecule has 2 N–H and O–H groups in total. The van der Waals surface area contributed by atoms with Gasteiger partial charge in [0.1, 0.15) is 5.75 Å². The molecule has 1 aromatic carbocycles. The average molecular weight is 306 g/mol. The van der Waals surface area contributed by atoms with Crippen molar-refractivity contribution in [3.63, 3.8) is 0 Å². The van der Waals surface area contributed by atoms with Crippen molar-refractivity contribution < 1.29 is 9.84 Å². The first-order valence-electron chi connectivity index (χ1n) is 6.28. The molecule has 2 heterocycles. The Bertz CT molecular complexity index is 721. The molecule has 6 heteroatoms. The zero-order chi connectivity index (χ0) is 13.9. The van der Waals surface area contributed by atoms with Gasteiger partial charge in [0, 0.05) is 10.9 Å². The number of H-pyrrole nitrogens is 1. The van der Waals surface area contributed by atoms with E-state index in [9.17, 15) is 0 Å². The first kappa shape index (κ1) is 13.5. The second-order valence-corrected chi connectivity index (χ2v) is 6.59. The van der Waals surface area contributed by atoms with Crippen LogP contribution in [0.2, 0.25) is 0 Å². The van der Waals surface area contributed by atoms with Gasteiger partial charge in [-0.25, -0.2) is 4.98 Å². The molecule has 0 amide bonds. The lowest BCUT2D eigenvalue weighted by atomic mass is 10.3. The van der Waals surface area contributed by atoms with Crippen molar-refractivity contribution in [1.29, 1.82) is 0 Å². The Morgan fingerprint density at radius 2 is 2.25 bits per heavy atom. The predicted octanol–water partition coefficient (Wildman–Crippen LogP) is 3.67. The molecule has 104 valence electrons. The second kappa shape index (κ2) is 5.87. The van der Waals surface area contributed by atoms with Gasteiger partial charge in [-0.15, -0.1) is 11.3 Å². The Morgan fingerprint density at radius 1 is 1.35 bits per heavy atom.